The van der Waals surface area contributed by atoms with E-state index in [2.05, 4.69) is 21.3 Å². The van der Waals surface area contributed by atoms with E-state index in [1.807, 2.05) is 25.1 Å². The molecule has 1 aliphatic rings. The molecule has 0 bridgehead atoms. The van der Waals surface area contributed by atoms with Crippen molar-refractivity contribution >= 4 is 53.1 Å². The van der Waals surface area contributed by atoms with Crippen molar-refractivity contribution in [3.63, 3.8) is 0 Å². The van der Waals surface area contributed by atoms with Crippen LogP contribution in [0.5, 0.6) is 0 Å². The van der Waals surface area contributed by atoms with Gasteiger partial charge in [-0.05, 0) is 68.0 Å². The lowest BCUT2D eigenvalue weighted by Gasteiger charge is -2.29. The number of anilines is 2. The molecular weight excluding hydrogens is 684 g/mol. The standard InChI is InChI=1S/C38H44N6O9/c1-22(2)19-29(33(48)40-28(20-30(45)46)32(47)42-31(34(49)50)25-12-7-6-8-13-25)44-35(51)38(4,5)43(37(44)53)21-24-15-17-26(18-16-24)39-36(52)41-27-14-10-9-11-23(27)3/h6-18,22,28-29,31H,19-21H2,1-5H3,(H,40,48)(H,42,47)(H,45,46)(H,49,50)(H2,39,41,52)/t28-,29+,31-/m0/s1. The van der Waals surface area contributed by atoms with E-state index in [-0.39, 0.29) is 24.4 Å². The molecule has 0 aromatic heterocycles. The monoisotopic (exact) mass is 728 g/mol. The van der Waals surface area contributed by atoms with Gasteiger partial charge >= 0.3 is 24.0 Å². The Balaban J connectivity index is 1.51. The number of rotatable bonds is 15. The van der Waals surface area contributed by atoms with Crippen LogP contribution < -0.4 is 21.3 Å². The highest BCUT2D eigenvalue weighted by Gasteiger charge is 2.55. The highest BCUT2D eigenvalue weighted by Crippen LogP contribution is 2.33. The van der Waals surface area contributed by atoms with E-state index in [1.54, 1.807) is 76.2 Å². The van der Waals surface area contributed by atoms with E-state index in [0.717, 1.165) is 10.5 Å². The number of aliphatic carboxylic acids is 2. The zero-order valence-corrected chi connectivity index (χ0v) is 30.1. The Morgan fingerprint density at radius 2 is 1.42 bits per heavy atom. The average Bonchev–Trinajstić information content (AvgIpc) is 3.25. The largest absolute Gasteiger partial charge is 0.481 e. The normalized spacial score (nSPS) is 15.4. The number of para-hydroxylation sites is 1. The maximum atomic E-state index is 14.0. The highest BCUT2D eigenvalue weighted by atomic mass is 16.4. The Morgan fingerprint density at radius 1 is 0.792 bits per heavy atom. The third-order valence-electron chi connectivity index (χ3n) is 8.79. The van der Waals surface area contributed by atoms with Gasteiger partial charge in [-0.25, -0.2) is 19.3 Å². The third-order valence-corrected chi connectivity index (χ3v) is 8.79. The van der Waals surface area contributed by atoms with E-state index in [1.165, 1.54) is 17.0 Å². The average molecular weight is 729 g/mol. The van der Waals surface area contributed by atoms with Gasteiger partial charge in [0.05, 0.1) is 6.42 Å². The second-order valence-corrected chi connectivity index (χ2v) is 13.7. The van der Waals surface area contributed by atoms with E-state index >= 15 is 0 Å². The number of carboxylic acid groups (broad SMARTS) is 2. The molecule has 15 heteroatoms. The quantitative estimate of drug-likeness (QED) is 0.121. The molecule has 1 heterocycles. The summed E-state index contributed by atoms with van der Waals surface area (Å²) in [4.78, 5) is 93.5. The zero-order valence-electron chi connectivity index (χ0n) is 30.1. The number of hydrogen-bond donors (Lipinski definition) is 6. The van der Waals surface area contributed by atoms with Gasteiger partial charge in [0.15, 0.2) is 6.04 Å². The first-order chi connectivity index (χ1) is 25.0. The number of carbonyl (C=O) groups is 7. The van der Waals surface area contributed by atoms with Crippen molar-refractivity contribution in [2.45, 2.75) is 77.7 Å². The first-order valence-corrected chi connectivity index (χ1v) is 17.0. The van der Waals surface area contributed by atoms with E-state index in [9.17, 15) is 43.8 Å². The summed E-state index contributed by atoms with van der Waals surface area (Å²) in [6, 6.07) is 15.8. The molecule has 6 N–H and O–H groups in total. The van der Waals surface area contributed by atoms with Crippen LogP contribution in [0.3, 0.4) is 0 Å². The number of urea groups is 2. The zero-order chi connectivity index (χ0) is 39.0. The van der Waals surface area contributed by atoms with Crippen molar-refractivity contribution < 1.29 is 43.8 Å². The first kappa shape index (κ1) is 39.5. The summed E-state index contributed by atoms with van der Waals surface area (Å²) in [6.45, 7) is 8.46. The number of carboxylic acids is 2. The maximum absolute atomic E-state index is 14.0. The van der Waals surface area contributed by atoms with Crippen molar-refractivity contribution in [3.8, 4) is 0 Å². The van der Waals surface area contributed by atoms with Crippen LogP contribution in [-0.4, -0.2) is 79.4 Å². The Labute approximate surface area is 306 Å². The van der Waals surface area contributed by atoms with E-state index in [4.69, 9.17) is 0 Å². The lowest BCUT2D eigenvalue weighted by Crippen LogP contribution is -2.56. The summed E-state index contributed by atoms with van der Waals surface area (Å²) < 4.78 is 0. The molecule has 3 aromatic carbocycles. The number of nitrogens with zero attached hydrogens (tertiary/aromatic N) is 2. The van der Waals surface area contributed by atoms with Crippen LogP contribution in [-0.2, 0) is 30.5 Å². The number of nitrogens with one attached hydrogen (secondary N) is 4. The lowest BCUT2D eigenvalue weighted by molar-refractivity contribution is -0.144. The Hall–Kier alpha value is -6.25. The van der Waals surface area contributed by atoms with E-state index < -0.39 is 71.8 Å². The second kappa shape index (κ2) is 16.8. The molecule has 0 saturated carbocycles. The summed E-state index contributed by atoms with van der Waals surface area (Å²) in [5, 5.41) is 29.5. The van der Waals surface area contributed by atoms with Crippen LogP contribution in [0, 0.1) is 12.8 Å². The number of aryl methyl sites for hydroxylation is 1. The molecule has 0 unspecified atom stereocenters. The topological polar surface area (TPSA) is 215 Å². The van der Waals surface area contributed by atoms with Crippen molar-refractivity contribution in [2.75, 3.05) is 10.6 Å². The summed E-state index contributed by atoms with van der Waals surface area (Å²) >= 11 is 0. The molecule has 1 aliphatic heterocycles. The maximum Gasteiger partial charge on any atom is 0.330 e. The molecule has 7 amide bonds. The summed E-state index contributed by atoms with van der Waals surface area (Å²) in [5.74, 6) is -5.80. The SMILES string of the molecule is Cc1ccccc1NC(=O)Nc1ccc(CN2C(=O)N([C@H](CC(C)C)C(=O)N[C@@H](CC(=O)O)C(=O)N[C@H](C(=O)O)c3ccccc3)C(=O)C2(C)C)cc1. The van der Waals surface area contributed by atoms with Crippen molar-refractivity contribution in [1.29, 1.82) is 0 Å². The van der Waals surface area contributed by atoms with Crippen LogP contribution in [0.2, 0.25) is 0 Å². The fraction of sp³-hybridized carbons (Fsp3) is 0.342. The van der Waals surface area contributed by atoms with Crippen LogP contribution in [0.1, 0.15) is 63.3 Å². The number of carbonyl (C=O) groups excluding carboxylic acids is 5. The molecule has 1 saturated heterocycles. The second-order valence-electron chi connectivity index (χ2n) is 13.7. The molecule has 3 atom stereocenters. The van der Waals surface area contributed by atoms with Gasteiger partial charge in [0.1, 0.15) is 17.6 Å². The van der Waals surface area contributed by atoms with Crippen molar-refractivity contribution in [3.05, 3.63) is 95.6 Å². The number of hydrogen-bond acceptors (Lipinski definition) is 7. The van der Waals surface area contributed by atoms with Crippen LogP contribution in [0.25, 0.3) is 0 Å². The predicted molar refractivity (Wildman–Crippen MR) is 195 cm³/mol. The molecule has 0 radical (unpaired) electrons. The van der Waals surface area contributed by atoms with Gasteiger partial charge in [0.2, 0.25) is 11.8 Å². The molecule has 0 spiro atoms. The number of amides is 7. The molecule has 53 heavy (non-hydrogen) atoms. The smallest absolute Gasteiger partial charge is 0.330 e. The van der Waals surface area contributed by atoms with Gasteiger partial charge in [-0.2, -0.15) is 0 Å². The molecule has 15 nitrogen and oxygen atoms in total. The Kier molecular flexibility index (Phi) is 12.6. The van der Waals surface area contributed by atoms with Gasteiger partial charge in [-0.15, -0.1) is 0 Å². The third kappa shape index (κ3) is 9.75. The molecule has 1 fully saturated rings. The molecule has 280 valence electrons. The summed E-state index contributed by atoms with van der Waals surface area (Å²) in [6.07, 6.45) is -0.910. The van der Waals surface area contributed by atoms with Crippen LogP contribution in [0.15, 0.2) is 78.9 Å². The highest BCUT2D eigenvalue weighted by molar-refractivity contribution is 6.10. The van der Waals surface area contributed by atoms with Crippen molar-refractivity contribution in [2.24, 2.45) is 5.92 Å². The fourth-order valence-electron chi connectivity index (χ4n) is 5.88. The van der Waals surface area contributed by atoms with Crippen molar-refractivity contribution in [1.82, 2.24) is 20.4 Å². The van der Waals surface area contributed by atoms with Gasteiger partial charge < -0.3 is 36.4 Å². The molecule has 3 aromatic rings. The molecule has 4 rings (SSSR count). The van der Waals surface area contributed by atoms with Crippen LogP contribution in [0.4, 0.5) is 21.0 Å². The Morgan fingerprint density at radius 3 is 2.00 bits per heavy atom. The van der Waals surface area contributed by atoms with E-state index in [0.29, 0.717) is 16.9 Å². The number of benzene rings is 3. The van der Waals surface area contributed by atoms with Gasteiger partial charge in [-0.1, -0.05) is 74.5 Å². The first-order valence-electron chi connectivity index (χ1n) is 17.0. The lowest BCUT2D eigenvalue weighted by atomic mass is 9.98. The van der Waals surface area contributed by atoms with Gasteiger partial charge in [0.25, 0.3) is 5.91 Å². The van der Waals surface area contributed by atoms with Crippen LogP contribution >= 0.6 is 0 Å². The minimum Gasteiger partial charge on any atom is -0.481 e. The summed E-state index contributed by atoms with van der Waals surface area (Å²) in [5.41, 5.74) is 1.48. The molecular formula is C38H44N6O9. The van der Waals surface area contributed by atoms with Gasteiger partial charge in [-0.3, -0.25) is 19.2 Å². The minimum absolute atomic E-state index is 0.0126. The fourth-order valence-corrected chi connectivity index (χ4v) is 5.88. The molecule has 0 aliphatic carbocycles. The summed E-state index contributed by atoms with van der Waals surface area (Å²) in [7, 11) is 0. The Bertz CT molecular complexity index is 1860. The predicted octanol–water partition coefficient (Wildman–Crippen LogP) is 4.50. The minimum atomic E-state index is -1.73. The number of imide groups is 1. The van der Waals surface area contributed by atoms with Gasteiger partial charge in [0, 0.05) is 17.9 Å².